The third kappa shape index (κ3) is 2.24. The van der Waals surface area contributed by atoms with Crippen LogP contribution in [-0.4, -0.2) is 0 Å². The van der Waals surface area contributed by atoms with Crippen LogP contribution in [0.2, 0.25) is 0 Å². The first-order valence-electron chi connectivity index (χ1n) is 6.17. The number of furan rings is 1. The van der Waals surface area contributed by atoms with Crippen LogP contribution in [0.15, 0.2) is 16.5 Å². The Morgan fingerprint density at radius 2 is 1.89 bits per heavy atom. The Hall–Kier alpha value is -1.82. The van der Waals surface area contributed by atoms with Crippen molar-refractivity contribution in [1.29, 1.82) is 5.26 Å². The number of nitrogens with zero attached hydrogens (tertiary/aromatic N) is 1. The second-order valence-corrected chi connectivity index (χ2v) is 4.18. The summed E-state index contributed by atoms with van der Waals surface area (Å²) >= 11 is 0. The van der Waals surface area contributed by atoms with Crippen LogP contribution in [0.3, 0.4) is 0 Å². The maximum absolute atomic E-state index is 13.6. The van der Waals surface area contributed by atoms with Crippen molar-refractivity contribution >= 4 is 11.0 Å². The molecule has 18 heavy (non-hydrogen) atoms. The molecular formula is C15H18FNO. The summed E-state index contributed by atoms with van der Waals surface area (Å²) in [5.74, 6) is 0.218. The van der Waals surface area contributed by atoms with E-state index >= 15 is 0 Å². The molecule has 0 aliphatic rings. The summed E-state index contributed by atoms with van der Waals surface area (Å²) in [7, 11) is 0. The zero-order valence-electron chi connectivity index (χ0n) is 11.5. The van der Waals surface area contributed by atoms with Gasteiger partial charge in [0.15, 0.2) is 11.4 Å². The molecule has 0 atom stereocenters. The van der Waals surface area contributed by atoms with Crippen LogP contribution in [0, 0.1) is 24.1 Å². The van der Waals surface area contributed by atoms with Gasteiger partial charge in [-0.2, -0.15) is 5.26 Å². The number of fused-ring (bicyclic) bond motifs is 1. The van der Waals surface area contributed by atoms with Crippen molar-refractivity contribution in [2.75, 3.05) is 0 Å². The Labute approximate surface area is 107 Å². The highest BCUT2D eigenvalue weighted by molar-refractivity contribution is 5.88. The topological polar surface area (TPSA) is 36.9 Å². The second-order valence-electron chi connectivity index (χ2n) is 4.18. The van der Waals surface area contributed by atoms with Gasteiger partial charge >= 0.3 is 0 Å². The van der Waals surface area contributed by atoms with E-state index in [-0.39, 0.29) is 11.5 Å². The molecule has 0 spiro atoms. The summed E-state index contributed by atoms with van der Waals surface area (Å²) in [5.41, 5.74) is 1.52. The van der Waals surface area contributed by atoms with Gasteiger partial charge in [-0.3, -0.25) is 0 Å². The lowest BCUT2D eigenvalue weighted by Gasteiger charge is -1.98. The van der Waals surface area contributed by atoms with E-state index < -0.39 is 5.82 Å². The Bertz CT molecular complexity index is 591. The highest BCUT2D eigenvalue weighted by Crippen LogP contribution is 2.33. The van der Waals surface area contributed by atoms with Crippen LogP contribution in [0.25, 0.3) is 11.0 Å². The molecule has 0 bridgehead atoms. The van der Waals surface area contributed by atoms with Crippen LogP contribution >= 0.6 is 0 Å². The fourth-order valence-electron chi connectivity index (χ4n) is 1.87. The molecule has 0 radical (unpaired) electrons. The van der Waals surface area contributed by atoms with E-state index in [4.69, 9.17) is 9.68 Å². The largest absolute Gasteiger partial charge is 0.456 e. The zero-order chi connectivity index (χ0) is 13.9. The Balaban J connectivity index is 0.000000771. The van der Waals surface area contributed by atoms with Crippen molar-refractivity contribution in [2.45, 2.75) is 40.5 Å². The molecule has 2 nitrogen and oxygen atoms in total. The number of aryl methyl sites for hydroxylation is 1. The summed E-state index contributed by atoms with van der Waals surface area (Å²) < 4.78 is 19.0. The zero-order valence-corrected chi connectivity index (χ0v) is 11.5. The van der Waals surface area contributed by atoms with Gasteiger partial charge in [-0.25, -0.2) is 4.39 Å². The summed E-state index contributed by atoms with van der Waals surface area (Å²) in [4.78, 5) is 0. The average molecular weight is 247 g/mol. The highest BCUT2D eigenvalue weighted by atomic mass is 19.1. The average Bonchev–Trinajstić information content (AvgIpc) is 2.77. The van der Waals surface area contributed by atoms with E-state index in [9.17, 15) is 4.39 Å². The lowest BCUT2D eigenvalue weighted by atomic mass is 10.0. The minimum Gasteiger partial charge on any atom is -0.456 e. The number of hydrogen-bond acceptors (Lipinski definition) is 2. The minimum atomic E-state index is -0.413. The molecule has 1 aromatic carbocycles. The molecule has 0 amide bonds. The lowest BCUT2D eigenvalue weighted by Crippen LogP contribution is -1.87. The van der Waals surface area contributed by atoms with E-state index in [1.807, 2.05) is 34.6 Å². The van der Waals surface area contributed by atoms with E-state index in [1.54, 1.807) is 6.07 Å². The highest BCUT2D eigenvalue weighted by Gasteiger charge is 2.20. The van der Waals surface area contributed by atoms with Crippen LogP contribution in [0.4, 0.5) is 4.39 Å². The molecule has 0 fully saturated rings. The molecular weight excluding hydrogens is 229 g/mol. The molecule has 0 unspecified atom stereocenters. The normalized spacial score (nSPS) is 10.1. The van der Waals surface area contributed by atoms with Crippen molar-refractivity contribution in [3.63, 3.8) is 0 Å². The quantitative estimate of drug-likeness (QED) is 0.718. The molecule has 0 saturated carbocycles. The Morgan fingerprint density at radius 3 is 2.39 bits per heavy atom. The van der Waals surface area contributed by atoms with Crippen molar-refractivity contribution in [2.24, 2.45) is 0 Å². The maximum atomic E-state index is 13.6. The molecule has 96 valence electrons. The summed E-state index contributed by atoms with van der Waals surface area (Å²) in [5, 5.41) is 9.74. The lowest BCUT2D eigenvalue weighted by molar-refractivity contribution is 0.498. The van der Waals surface area contributed by atoms with Crippen molar-refractivity contribution in [3.05, 3.63) is 34.8 Å². The van der Waals surface area contributed by atoms with Crippen LogP contribution in [0.1, 0.15) is 50.5 Å². The third-order valence-electron chi connectivity index (χ3n) is 2.66. The fourth-order valence-corrected chi connectivity index (χ4v) is 1.87. The van der Waals surface area contributed by atoms with Crippen LogP contribution < -0.4 is 0 Å². The third-order valence-corrected chi connectivity index (χ3v) is 2.66. The summed E-state index contributed by atoms with van der Waals surface area (Å²) in [6.07, 6.45) is 0. The summed E-state index contributed by atoms with van der Waals surface area (Å²) in [6.45, 7) is 9.69. The maximum Gasteiger partial charge on any atom is 0.171 e. The number of rotatable bonds is 1. The van der Waals surface area contributed by atoms with E-state index in [0.29, 0.717) is 16.7 Å². The van der Waals surface area contributed by atoms with Crippen LogP contribution in [0.5, 0.6) is 0 Å². The molecule has 1 aromatic heterocycles. The number of hydrogen-bond donors (Lipinski definition) is 0. The Kier molecular flexibility index (Phi) is 4.49. The molecule has 0 aliphatic heterocycles. The molecule has 0 N–H and O–H groups in total. The van der Waals surface area contributed by atoms with Crippen molar-refractivity contribution < 1.29 is 8.81 Å². The first-order valence-corrected chi connectivity index (χ1v) is 6.17. The van der Waals surface area contributed by atoms with Crippen molar-refractivity contribution in [3.8, 4) is 6.07 Å². The molecule has 1 heterocycles. The van der Waals surface area contributed by atoms with E-state index in [0.717, 1.165) is 5.56 Å². The standard InChI is InChI=1S/C13H12FNO.C2H6/c1-7(2)12-9(6-15)11-8(3)4-5-10(14)13(11)16-12;1-2/h4-5,7H,1-3H3;1-2H3. The summed E-state index contributed by atoms with van der Waals surface area (Å²) in [6, 6.07) is 5.14. The van der Waals surface area contributed by atoms with Gasteiger partial charge in [0.25, 0.3) is 0 Å². The monoisotopic (exact) mass is 247 g/mol. The molecule has 2 aromatic rings. The second kappa shape index (κ2) is 5.68. The first-order chi connectivity index (χ1) is 8.56. The van der Waals surface area contributed by atoms with Gasteiger partial charge in [-0.05, 0) is 18.6 Å². The fraction of sp³-hybridized carbons (Fsp3) is 0.400. The Morgan fingerprint density at radius 1 is 1.28 bits per heavy atom. The molecule has 3 heteroatoms. The number of halogens is 1. The predicted octanol–water partition coefficient (Wildman–Crippen LogP) is 4.90. The predicted molar refractivity (Wildman–Crippen MR) is 71.1 cm³/mol. The van der Waals surface area contributed by atoms with Gasteiger partial charge in [-0.1, -0.05) is 33.8 Å². The first kappa shape index (κ1) is 14.2. The SMILES string of the molecule is CC.Cc1ccc(F)c2oc(C(C)C)c(C#N)c12. The molecule has 0 aliphatic carbocycles. The van der Waals surface area contributed by atoms with Crippen molar-refractivity contribution in [1.82, 2.24) is 0 Å². The van der Waals surface area contributed by atoms with Gasteiger partial charge in [0, 0.05) is 11.3 Å². The minimum absolute atomic E-state index is 0.0702. The number of nitriles is 1. The van der Waals surface area contributed by atoms with Gasteiger partial charge in [-0.15, -0.1) is 0 Å². The smallest absolute Gasteiger partial charge is 0.171 e. The van der Waals surface area contributed by atoms with Gasteiger partial charge in [0.2, 0.25) is 0 Å². The van der Waals surface area contributed by atoms with Gasteiger partial charge in [0.1, 0.15) is 17.4 Å². The van der Waals surface area contributed by atoms with Gasteiger partial charge < -0.3 is 4.42 Å². The van der Waals surface area contributed by atoms with Crippen LogP contribution in [-0.2, 0) is 0 Å². The van der Waals surface area contributed by atoms with E-state index in [2.05, 4.69) is 6.07 Å². The molecule has 2 rings (SSSR count). The van der Waals surface area contributed by atoms with E-state index in [1.165, 1.54) is 6.07 Å². The molecule has 0 saturated heterocycles. The van der Waals surface area contributed by atoms with Gasteiger partial charge in [0.05, 0.1) is 0 Å². The number of benzene rings is 1.